The molecule has 0 saturated carbocycles. The summed E-state index contributed by atoms with van der Waals surface area (Å²) in [4.78, 5) is 32.8. The summed E-state index contributed by atoms with van der Waals surface area (Å²) in [7, 11) is 0. The number of aryl methyl sites for hydroxylation is 1. The Morgan fingerprint density at radius 2 is 1.84 bits per heavy atom. The van der Waals surface area contributed by atoms with Crippen LogP contribution in [0.3, 0.4) is 0 Å². The maximum absolute atomic E-state index is 12.4. The second-order valence-corrected chi connectivity index (χ2v) is 8.10. The molecule has 31 heavy (non-hydrogen) atoms. The Morgan fingerprint density at radius 3 is 2.52 bits per heavy atom. The zero-order valence-electron chi connectivity index (χ0n) is 17.0. The number of rotatable bonds is 6. The topological polar surface area (TPSA) is 105 Å². The van der Waals surface area contributed by atoms with Crippen molar-refractivity contribution in [2.24, 2.45) is 0 Å². The fourth-order valence-electron chi connectivity index (χ4n) is 3.28. The number of halogens is 1. The lowest BCUT2D eigenvalue weighted by Gasteiger charge is -2.33. The Bertz CT molecular complexity index is 1050. The Hall–Kier alpha value is -2.98. The number of benzene rings is 1. The quantitative estimate of drug-likeness (QED) is 0.569. The van der Waals surface area contributed by atoms with Crippen molar-refractivity contribution in [3.63, 3.8) is 0 Å². The summed E-state index contributed by atoms with van der Waals surface area (Å²) in [5.41, 5.74) is 2.09. The summed E-state index contributed by atoms with van der Waals surface area (Å²) in [6.07, 6.45) is 0. The standard InChI is InChI=1S/C21H22BrN5O4/c1-14-2-4-15(5-3-14)20-24-18(31-25-20)13-26-8-10-27(11-9-26)19(28)12-23-21(29)16-6-7-17(22)30-16/h2-7H,8-13H2,1H3,(H,23,29). The van der Waals surface area contributed by atoms with Gasteiger partial charge in [-0.05, 0) is 35.0 Å². The summed E-state index contributed by atoms with van der Waals surface area (Å²) in [5.74, 6) is 0.737. The van der Waals surface area contributed by atoms with Gasteiger partial charge in [-0.15, -0.1) is 0 Å². The molecule has 10 heteroatoms. The van der Waals surface area contributed by atoms with E-state index >= 15 is 0 Å². The second-order valence-electron chi connectivity index (χ2n) is 7.32. The number of aromatic nitrogens is 2. The molecule has 9 nitrogen and oxygen atoms in total. The number of furan rings is 1. The zero-order valence-corrected chi connectivity index (χ0v) is 18.6. The third kappa shape index (κ3) is 5.39. The SMILES string of the molecule is Cc1ccc(-c2noc(CN3CCN(C(=O)CNC(=O)c4ccc(Br)o4)CC3)n2)cc1. The molecule has 1 saturated heterocycles. The molecule has 4 rings (SSSR count). The van der Waals surface area contributed by atoms with Crippen molar-refractivity contribution in [1.82, 2.24) is 25.3 Å². The summed E-state index contributed by atoms with van der Waals surface area (Å²) in [5, 5.41) is 6.65. The third-order valence-electron chi connectivity index (χ3n) is 5.06. The molecule has 162 valence electrons. The van der Waals surface area contributed by atoms with Crippen molar-refractivity contribution in [3.8, 4) is 11.4 Å². The molecule has 1 aliphatic rings. The Kier molecular flexibility index (Phi) is 6.47. The van der Waals surface area contributed by atoms with Crippen molar-refractivity contribution < 1.29 is 18.5 Å². The predicted molar refractivity (Wildman–Crippen MR) is 115 cm³/mol. The van der Waals surface area contributed by atoms with Gasteiger partial charge in [0, 0.05) is 31.7 Å². The Labute approximate surface area is 187 Å². The molecule has 0 bridgehead atoms. The van der Waals surface area contributed by atoms with Gasteiger partial charge in [0.25, 0.3) is 5.91 Å². The number of nitrogens with zero attached hydrogens (tertiary/aromatic N) is 4. The summed E-state index contributed by atoms with van der Waals surface area (Å²) < 4.78 is 11.0. The predicted octanol–water partition coefficient (Wildman–Crippen LogP) is 2.47. The van der Waals surface area contributed by atoms with E-state index in [2.05, 4.69) is 36.3 Å². The molecule has 0 aliphatic carbocycles. The van der Waals surface area contributed by atoms with Gasteiger partial charge in [-0.1, -0.05) is 35.0 Å². The molecule has 2 amide bonds. The third-order valence-corrected chi connectivity index (χ3v) is 5.49. The first-order chi connectivity index (χ1) is 15.0. The van der Waals surface area contributed by atoms with E-state index in [1.165, 1.54) is 5.56 Å². The van der Waals surface area contributed by atoms with Gasteiger partial charge < -0.3 is 19.2 Å². The van der Waals surface area contributed by atoms with Gasteiger partial charge in [0.05, 0.1) is 13.1 Å². The van der Waals surface area contributed by atoms with E-state index in [-0.39, 0.29) is 18.2 Å². The van der Waals surface area contributed by atoms with Crippen molar-refractivity contribution in [2.45, 2.75) is 13.5 Å². The lowest BCUT2D eigenvalue weighted by molar-refractivity contribution is -0.131. The Morgan fingerprint density at radius 1 is 1.10 bits per heavy atom. The van der Waals surface area contributed by atoms with Crippen LogP contribution in [-0.4, -0.2) is 64.5 Å². The molecule has 0 unspecified atom stereocenters. The van der Waals surface area contributed by atoms with Crippen molar-refractivity contribution in [2.75, 3.05) is 32.7 Å². The smallest absolute Gasteiger partial charge is 0.287 e. The van der Waals surface area contributed by atoms with E-state index in [1.54, 1.807) is 17.0 Å². The van der Waals surface area contributed by atoms with Gasteiger partial charge in [0.2, 0.25) is 17.6 Å². The number of carbonyl (C=O) groups is 2. The summed E-state index contributed by atoms with van der Waals surface area (Å²) in [6, 6.07) is 11.1. The molecule has 0 radical (unpaired) electrons. The number of carbonyl (C=O) groups excluding carboxylic acids is 2. The van der Waals surface area contributed by atoms with Gasteiger partial charge in [0.1, 0.15) is 0 Å². The van der Waals surface area contributed by atoms with Crippen LogP contribution in [0.2, 0.25) is 0 Å². The number of hydrogen-bond donors (Lipinski definition) is 1. The lowest BCUT2D eigenvalue weighted by atomic mass is 10.1. The van der Waals surface area contributed by atoms with Crippen LogP contribution in [0.4, 0.5) is 0 Å². The molecular formula is C21H22BrN5O4. The molecule has 3 aromatic rings. The average Bonchev–Trinajstić information content (AvgIpc) is 3.42. The highest BCUT2D eigenvalue weighted by atomic mass is 79.9. The first-order valence-electron chi connectivity index (χ1n) is 9.91. The molecule has 0 atom stereocenters. The van der Waals surface area contributed by atoms with E-state index in [0.29, 0.717) is 49.1 Å². The van der Waals surface area contributed by atoms with Crippen LogP contribution >= 0.6 is 15.9 Å². The van der Waals surface area contributed by atoms with Crippen LogP contribution in [0.5, 0.6) is 0 Å². The minimum atomic E-state index is -0.418. The molecule has 0 spiro atoms. The highest BCUT2D eigenvalue weighted by Crippen LogP contribution is 2.17. The van der Waals surface area contributed by atoms with Gasteiger partial charge in [-0.25, -0.2) is 0 Å². The maximum atomic E-state index is 12.4. The van der Waals surface area contributed by atoms with Crippen LogP contribution < -0.4 is 5.32 Å². The molecule has 1 aromatic carbocycles. The van der Waals surface area contributed by atoms with Crippen molar-refractivity contribution >= 4 is 27.7 Å². The number of hydrogen-bond acceptors (Lipinski definition) is 7. The molecular weight excluding hydrogens is 466 g/mol. The van der Waals surface area contributed by atoms with E-state index < -0.39 is 5.91 Å². The fourth-order valence-corrected chi connectivity index (χ4v) is 3.58. The molecule has 1 aliphatic heterocycles. The lowest BCUT2D eigenvalue weighted by Crippen LogP contribution is -2.50. The van der Waals surface area contributed by atoms with Gasteiger partial charge >= 0.3 is 0 Å². The average molecular weight is 488 g/mol. The van der Waals surface area contributed by atoms with E-state index in [9.17, 15) is 9.59 Å². The first-order valence-corrected chi connectivity index (χ1v) is 10.7. The molecule has 3 heterocycles. The van der Waals surface area contributed by atoms with Crippen LogP contribution in [0.1, 0.15) is 22.0 Å². The van der Waals surface area contributed by atoms with Crippen LogP contribution in [0.25, 0.3) is 11.4 Å². The number of amides is 2. The normalized spacial score (nSPS) is 14.6. The molecule has 1 N–H and O–H groups in total. The monoisotopic (exact) mass is 487 g/mol. The zero-order chi connectivity index (χ0) is 21.8. The van der Waals surface area contributed by atoms with E-state index in [1.807, 2.05) is 31.2 Å². The fraction of sp³-hybridized carbons (Fsp3) is 0.333. The number of nitrogens with one attached hydrogen (secondary N) is 1. The van der Waals surface area contributed by atoms with Crippen molar-refractivity contribution in [3.05, 3.63) is 58.3 Å². The first kappa shape index (κ1) is 21.3. The number of piperazine rings is 1. The van der Waals surface area contributed by atoms with Crippen LogP contribution in [0.15, 0.2) is 50.0 Å². The second kappa shape index (κ2) is 9.44. The highest BCUT2D eigenvalue weighted by molar-refractivity contribution is 9.10. The van der Waals surface area contributed by atoms with Crippen LogP contribution in [-0.2, 0) is 11.3 Å². The van der Waals surface area contributed by atoms with E-state index in [0.717, 1.165) is 5.56 Å². The Balaban J connectivity index is 1.23. The van der Waals surface area contributed by atoms with Gasteiger partial charge in [-0.3, -0.25) is 14.5 Å². The van der Waals surface area contributed by atoms with E-state index in [4.69, 9.17) is 8.94 Å². The molecule has 1 fully saturated rings. The van der Waals surface area contributed by atoms with Crippen LogP contribution in [0, 0.1) is 6.92 Å². The van der Waals surface area contributed by atoms with Crippen molar-refractivity contribution in [1.29, 1.82) is 0 Å². The molecule has 2 aromatic heterocycles. The summed E-state index contributed by atoms with van der Waals surface area (Å²) in [6.45, 7) is 5.01. The maximum Gasteiger partial charge on any atom is 0.287 e. The summed E-state index contributed by atoms with van der Waals surface area (Å²) >= 11 is 3.15. The van der Waals surface area contributed by atoms with Gasteiger partial charge in [0.15, 0.2) is 10.4 Å². The minimum Gasteiger partial charge on any atom is -0.444 e. The van der Waals surface area contributed by atoms with Gasteiger partial charge in [-0.2, -0.15) is 4.98 Å². The highest BCUT2D eigenvalue weighted by Gasteiger charge is 2.23. The minimum absolute atomic E-state index is 0.0687. The largest absolute Gasteiger partial charge is 0.444 e.